The molecule has 0 saturated carbocycles. The number of hydrogen-bond donors (Lipinski definition) is 1. The van der Waals surface area contributed by atoms with Crippen LogP contribution < -0.4 is 10.9 Å². The predicted molar refractivity (Wildman–Crippen MR) is 100 cm³/mol. The highest BCUT2D eigenvalue weighted by Gasteiger charge is 2.19. The molecule has 1 N–H and O–H groups in total. The smallest absolute Gasteiger partial charge is 0.349 e. The van der Waals surface area contributed by atoms with E-state index in [2.05, 4.69) is 27.8 Å². The average molecular weight is 367 g/mol. The number of aromatic nitrogens is 4. The molecule has 0 saturated heterocycles. The highest BCUT2D eigenvalue weighted by molar-refractivity contribution is 6.04. The van der Waals surface area contributed by atoms with Gasteiger partial charge in [-0.2, -0.15) is 0 Å². The van der Waals surface area contributed by atoms with Crippen LogP contribution in [-0.2, 0) is 0 Å². The summed E-state index contributed by atoms with van der Waals surface area (Å²) in [5, 5.41) is 13.7. The number of hydrogen-bond acceptors (Lipinski definition) is 6. The van der Waals surface area contributed by atoms with Gasteiger partial charge < -0.3 is 9.73 Å². The molecular formula is C19H21N5O3. The van der Waals surface area contributed by atoms with Crippen LogP contribution in [0.5, 0.6) is 0 Å². The summed E-state index contributed by atoms with van der Waals surface area (Å²) >= 11 is 0. The van der Waals surface area contributed by atoms with E-state index < -0.39 is 11.5 Å². The van der Waals surface area contributed by atoms with Crippen molar-refractivity contribution in [2.24, 2.45) is 0 Å². The third-order valence-corrected chi connectivity index (χ3v) is 4.34. The predicted octanol–water partition coefficient (Wildman–Crippen LogP) is 3.08. The van der Waals surface area contributed by atoms with Crippen molar-refractivity contribution >= 4 is 11.6 Å². The Morgan fingerprint density at radius 1 is 1.30 bits per heavy atom. The fourth-order valence-electron chi connectivity index (χ4n) is 2.89. The largest absolute Gasteiger partial charge is 0.427 e. The molecule has 1 unspecified atom stereocenters. The maximum atomic E-state index is 12.6. The van der Waals surface area contributed by atoms with Crippen molar-refractivity contribution in [2.75, 3.05) is 5.32 Å². The Bertz CT molecular complexity index is 978. The first kappa shape index (κ1) is 18.5. The molecule has 0 aliphatic heterocycles. The van der Waals surface area contributed by atoms with Gasteiger partial charge in [0.25, 0.3) is 5.91 Å². The van der Waals surface area contributed by atoms with E-state index in [9.17, 15) is 9.59 Å². The average Bonchev–Trinajstić information content (AvgIpc) is 3.16. The van der Waals surface area contributed by atoms with Gasteiger partial charge in [0, 0.05) is 11.6 Å². The molecule has 0 aliphatic carbocycles. The van der Waals surface area contributed by atoms with Crippen LogP contribution in [-0.4, -0.2) is 26.1 Å². The number of tetrazole rings is 1. The minimum Gasteiger partial charge on any atom is -0.427 e. The molecule has 27 heavy (non-hydrogen) atoms. The number of nitrogens with one attached hydrogen (secondary N) is 1. The molecule has 0 fully saturated rings. The third kappa shape index (κ3) is 4.11. The summed E-state index contributed by atoms with van der Waals surface area (Å²) in [6.45, 7) is 5.83. The zero-order valence-electron chi connectivity index (χ0n) is 15.5. The van der Waals surface area contributed by atoms with Gasteiger partial charge in [-0.25, -0.2) is 9.48 Å². The maximum Gasteiger partial charge on any atom is 0.349 e. The van der Waals surface area contributed by atoms with E-state index in [1.54, 1.807) is 37.3 Å². The SMILES string of the molecule is CCCC(C)c1cc(C)c(C(=O)Nc2ccc(-n3cnnn3)cc2)c(=O)o1. The second kappa shape index (κ2) is 7.94. The highest BCUT2D eigenvalue weighted by atomic mass is 16.4. The number of carbonyl (C=O) groups is 1. The molecule has 0 spiro atoms. The lowest BCUT2D eigenvalue weighted by Gasteiger charge is -2.12. The van der Waals surface area contributed by atoms with Crippen molar-refractivity contribution in [1.29, 1.82) is 0 Å². The molecule has 1 amide bonds. The van der Waals surface area contributed by atoms with Crippen LogP contribution in [0.1, 0.15) is 54.3 Å². The highest BCUT2D eigenvalue weighted by Crippen LogP contribution is 2.21. The topological polar surface area (TPSA) is 103 Å². The van der Waals surface area contributed by atoms with Crippen molar-refractivity contribution < 1.29 is 9.21 Å². The first-order valence-electron chi connectivity index (χ1n) is 8.79. The number of aryl methyl sites for hydroxylation is 1. The van der Waals surface area contributed by atoms with Gasteiger partial charge in [0.05, 0.1) is 5.69 Å². The van der Waals surface area contributed by atoms with Gasteiger partial charge in [-0.3, -0.25) is 4.79 Å². The van der Waals surface area contributed by atoms with Crippen LogP contribution >= 0.6 is 0 Å². The van der Waals surface area contributed by atoms with Crippen molar-refractivity contribution in [2.45, 2.75) is 39.5 Å². The van der Waals surface area contributed by atoms with Gasteiger partial charge >= 0.3 is 5.63 Å². The number of amides is 1. The minimum atomic E-state index is -0.615. The molecule has 3 aromatic rings. The first-order chi connectivity index (χ1) is 13.0. The summed E-state index contributed by atoms with van der Waals surface area (Å²) in [6, 6.07) is 8.72. The molecule has 2 heterocycles. The molecule has 8 nitrogen and oxygen atoms in total. The molecule has 0 bridgehead atoms. The van der Waals surface area contributed by atoms with E-state index in [1.807, 2.05) is 6.92 Å². The molecule has 0 aliphatic rings. The Labute approximate surface area is 156 Å². The van der Waals surface area contributed by atoms with Crippen molar-refractivity contribution in [3.05, 3.63) is 64.0 Å². The Kier molecular flexibility index (Phi) is 5.44. The van der Waals surface area contributed by atoms with Crippen LogP contribution in [0.2, 0.25) is 0 Å². The Hall–Kier alpha value is -3.29. The maximum absolute atomic E-state index is 12.6. The van der Waals surface area contributed by atoms with Crippen LogP contribution in [0.15, 0.2) is 45.9 Å². The summed E-state index contributed by atoms with van der Waals surface area (Å²) in [5.41, 5.74) is 1.32. The van der Waals surface area contributed by atoms with Crippen molar-refractivity contribution in [3.63, 3.8) is 0 Å². The summed E-state index contributed by atoms with van der Waals surface area (Å²) < 4.78 is 6.89. The quantitative estimate of drug-likeness (QED) is 0.718. The lowest BCUT2D eigenvalue weighted by Crippen LogP contribution is -2.23. The van der Waals surface area contributed by atoms with Crippen LogP contribution in [0.4, 0.5) is 5.69 Å². The Morgan fingerprint density at radius 3 is 2.63 bits per heavy atom. The molecule has 8 heteroatoms. The standard InChI is InChI=1S/C19H21N5O3/c1-4-5-12(2)16-10-13(3)17(19(26)27-16)18(25)21-14-6-8-15(9-7-14)24-11-20-22-23-24/h6-12H,4-5H2,1-3H3,(H,21,25). The van der Waals surface area contributed by atoms with E-state index in [-0.39, 0.29) is 11.5 Å². The zero-order chi connectivity index (χ0) is 19.4. The lowest BCUT2D eigenvalue weighted by atomic mass is 10.0. The molecule has 1 aromatic carbocycles. The molecule has 2 aromatic heterocycles. The second-order valence-corrected chi connectivity index (χ2v) is 6.44. The molecule has 1 atom stereocenters. The summed E-state index contributed by atoms with van der Waals surface area (Å²) in [6.07, 6.45) is 3.39. The number of carbonyl (C=O) groups excluding carboxylic acids is 1. The minimum absolute atomic E-state index is 0.0204. The van der Waals surface area contributed by atoms with Crippen molar-refractivity contribution in [3.8, 4) is 5.69 Å². The van der Waals surface area contributed by atoms with E-state index in [4.69, 9.17) is 4.42 Å². The molecule has 0 radical (unpaired) electrons. The van der Waals surface area contributed by atoms with E-state index in [0.29, 0.717) is 17.0 Å². The fourth-order valence-corrected chi connectivity index (χ4v) is 2.89. The zero-order valence-corrected chi connectivity index (χ0v) is 15.5. The van der Waals surface area contributed by atoms with Crippen LogP contribution in [0.25, 0.3) is 5.69 Å². The van der Waals surface area contributed by atoms with Gasteiger partial charge in [-0.1, -0.05) is 20.3 Å². The second-order valence-electron chi connectivity index (χ2n) is 6.44. The van der Waals surface area contributed by atoms with Crippen LogP contribution in [0.3, 0.4) is 0 Å². The summed E-state index contributed by atoms with van der Waals surface area (Å²) in [5.74, 6) is 0.255. The monoisotopic (exact) mass is 367 g/mol. The molecule has 140 valence electrons. The van der Waals surface area contributed by atoms with Gasteiger partial charge in [0.15, 0.2) is 0 Å². The van der Waals surface area contributed by atoms with E-state index in [1.165, 1.54) is 11.0 Å². The van der Waals surface area contributed by atoms with Gasteiger partial charge in [0.1, 0.15) is 17.7 Å². The summed E-state index contributed by atoms with van der Waals surface area (Å²) in [4.78, 5) is 24.9. The first-order valence-corrected chi connectivity index (χ1v) is 8.79. The van der Waals surface area contributed by atoms with Gasteiger partial charge in [0.2, 0.25) is 0 Å². The molecular weight excluding hydrogens is 346 g/mol. The van der Waals surface area contributed by atoms with E-state index >= 15 is 0 Å². The van der Waals surface area contributed by atoms with E-state index in [0.717, 1.165) is 18.5 Å². The number of anilines is 1. The normalized spacial score (nSPS) is 12.0. The van der Waals surface area contributed by atoms with Crippen LogP contribution in [0, 0.1) is 6.92 Å². The number of rotatable bonds is 6. The number of nitrogens with zero attached hydrogens (tertiary/aromatic N) is 4. The number of benzene rings is 1. The fraction of sp³-hybridized carbons (Fsp3) is 0.316. The van der Waals surface area contributed by atoms with Crippen molar-refractivity contribution in [1.82, 2.24) is 20.2 Å². The Balaban J connectivity index is 1.79. The summed E-state index contributed by atoms with van der Waals surface area (Å²) in [7, 11) is 0. The third-order valence-electron chi connectivity index (χ3n) is 4.34. The molecule has 3 rings (SSSR count). The lowest BCUT2D eigenvalue weighted by molar-refractivity contribution is 0.102. The Morgan fingerprint density at radius 2 is 2.04 bits per heavy atom. The van der Waals surface area contributed by atoms with Gasteiger partial charge in [-0.05, 0) is 59.7 Å². The van der Waals surface area contributed by atoms with Gasteiger partial charge in [-0.15, -0.1) is 5.10 Å².